The summed E-state index contributed by atoms with van der Waals surface area (Å²) in [6, 6.07) is 0.811. The van der Waals surface area contributed by atoms with Crippen molar-refractivity contribution in [3.63, 3.8) is 0 Å². The molecule has 4 heteroatoms. The molecule has 1 unspecified atom stereocenters. The first-order valence-corrected chi connectivity index (χ1v) is 7.64. The van der Waals surface area contributed by atoms with Crippen LogP contribution in [0.5, 0.6) is 0 Å². The lowest BCUT2D eigenvalue weighted by Gasteiger charge is -2.35. The van der Waals surface area contributed by atoms with Crippen molar-refractivity contribution in [2.75, 3.05) is 26.2 Å². The average Bonchev–Trinajstić information content (AvgIpc) is 2.76. The summed E-state index contributed by atoms with van der Waals surface area (Å²) in [5, 5.41) is 3.36. The van der Waals surface area contributed by atoms with Gasteiger partial charge in [-0.25, -0.2) is 4.98 Å². The summed E-state index contributed by atoms with van der Waals surface area (Å²) in [4.78, 5) is 9.73. The van der Waals surface area contributed by atoms with Gasteiger partial charge in [0.1, 0.15) is 5.01 Å². The Balaban J connectivity index is 1.62. The molecule has 0 bridgehead atoms. The zero-order valence-electron chi connectivity index (χ0n) is 10.3. The first-order valence-electron chi connectivity index (χ1n) is 6.76. The van der Waals surface area contributed by atoms with Gasteiger partial charge in [-0.05, 0) is 38.9 Å². The van der Waals surface area contributed by atoms with Crippen molar-refractivity contribution in [3.8, 4) is 0 Å². The minimum atomic E-state index is 0.811. The van der Waals surface area contributed by atoms with Crippen molar-refractivity contribution in [1.82, 2.24) is 14.8 Å². The van der Waals surface area contributed by atoms with Crippen LogP contribution in [0, 0.1) is 0 Å². The molecule has 3 heterocycles. The molecule has 1 atom stereocenters. The van der Waals surface area contributed by atoms with E-state index in [-0.39, 0.29) is 0 Å². The Morgan fingerprint density at radius 1 is 1.24 bits per heavy atom. The van der Waals surface area contributed by atoms with Gasteiger partial charge < -0.3 is 0 Å². The minimum absolute atomic E-state index is 0.811. The van der Waals surface area contributed by atoms with E-state index < -0.39 is 0 Å². The molecule has 0 N–H and O–H groups in total. The van der Waals surface area contributed by atoms with Crippen LogP contribution in [0.2, 0.25) is 0 Å². The molecule has 1 aromatic rings. The van der Waals surface area contributed by atoms with Gasteiger partial charge in [0.2, 0.25) is 0 Å². The summed E-state index contributed by atoms with van der Waals surface area (Å²) in [5.41, 5.74) is 0. The standard InChI is InChI=1S/C13H21N3S/c1-2-7-16-8-3-6-15(10-12(16)4-1)11-13-14-5-9-17-13/h5,9,12H,1-4,6-8,10-11H2. The van der Waals surface area contributed by atoms with Gasteiger partial charge in [-0.2, -0.15) is 0 Å². The molecule has 2 fully saturated rings. The van der Waals surface area contributed by atoms with Crippen LogP contribution in [0.15, 0.2) is 11.6 Å². The topological polar surface area (TPSA) is 19.4 Å². The van der Waals surface area contributed by atoms with Crippen molar-refractivity contribution < 1.29 is 0 Å². The molecule has 0 amide bonds. The number of thiazole rings is 1. The van der Waals surface area contributed by atoms with Crippen LogP contribution in [0.1, 0.15) is 30.7 Å². The minimum Gasteiger partial charge on any atom is -0.299 e. The molecule has 94 valence electrons. The van der Waals surface area contributed by atoms with E-state index in [1.165, 1.54) is 56.9 Å². The molecule has 0 radical (unpaired) electrons. The van der Waals surface area contributed by atoms with Crippen molar-refractivity contribution in [2.45, 2.75) is 38.3 Å². The van der Waals surface area contributed by atoms with E-state index in [0.717, 1.165) is 12.6 Å². The van der Waals surface area contributed by atoms with E-state index in [0.29, 0.717) is 0 Å². The van der Waals surface area contributed by atoms with Crippen LogP contribution in [-0.4, -0.2) is 47.0 Å². The first kappa shape index (κ1) is 11.6. The Labute approximate surface area is 107 Å². The van der Waals surface area contributed by atoms with Crippen LogP contribution in [0.4, 0.5) is 0 Å². The maximum absolute atomic E-state index is 4.41. The average molecular weight is 251 g/mol. The molecule has 0 aromatic carbocycles. The summed E-state index contributed by atoms with van der Waals surface area (Å²) in [5.74, 6) is 0. The van der Waals surface area contributed by atoms with Crippen LogP contribution in [-0.2, 0) is 6.54 Å². The van der Waals surface area contributed by atoms with E-state index in [9.17, 15) is 0 Å². The molecule has 2 aliphatic rings. The van der Waals surface area contributed by atoms with Gasteiger partial charge in [-0.15, -0.1) is 11.3 Å². The second-order valence-electron chi connectivity index (χ2n) is 5.20. The molecule has 3 rings (SSSR count). The Bertz CT molecular complexity index is 338. The zero-order chi connectivity index (χ0) is 11.5. The predicted octanol–water partition coefficient (Wildman–Crippen LogP) is 2.20. The molecule has 0 aliphatic carbocycles. The number of hydrogen-bond acceptors (Lipinski definition) is 4. The highest BCUT2D eigenvalue weighted by Gasteiger charge is 2.27. The number of nitrogens with zero attached hydrogens (tertiary/aromatic N) is 3. The van der Waals surface area contributed by atoms with Gasteiger partial charge in [0.05, 0.1) is 6.54 Å². The monoisotopic (exact) mass is 251 g/mol. The van der Waals surface area contributed by atoms with Gasteiger partial charge in [-0.1, -0.05) is 6.42 Å². The normalized spacial score (nSPS) is 27.6. The first-order chi connectivity index (χ1) is 8.42. The highest BCUT2D eigenvalue weighted by atomic mass is 32.1. The molecule has 2 saturated heterocycles. The molecule has 0 spiro atoms. The van der Waals surface area contributed by atoms with Gasteiger partial charge in [0.25, 0.3) is 0 Å². The number of aromatic nitrogens is 1. The van der Waals surface area contributed by atoms with Gasteiger partial charge in [0, 0.05) is 24.2 Å². The smallest absolute Gasteiger partial charge is 0.107 e. The lowest BCUT2D eigenvalue weighted by atomic mass is 10.0. The van der Waals surface area contributed by atoms with Crippen molar-refractivity contribution in [2.24, 2.45) is 0 Å². The summed E-state index contributed by atoms with van der Waals surface area (Å²) < 4.78 is 0. The summed E-state index contributed by atoms with van der Waals surface area (Å²) in [6.45, 7) is 6.18. The fourth-order valence-electron chi connectivity index (χ4n) is 3.11. The summed E-state index contributed by atoms with van der Waals surface area (Å²) in [6.07, 6.45) is 7.47. The van der Waals surface area contributed by atoms with Crippen molar-refractivity contribution in [1.29, 1.82) is 0 Å². The maximum Gasteiger partial charge on any atom is 0.107 e. The van der Waals surface area contributed by atoms with Gasteiger partial charge in [0.15, 0.2) is 0 Å². The van der Waals surface area contributed by atoms with Crippen molar-refractivity contribution in [3.05, 3.63) is 16.6 Å². The predicted molar refractivity (Wildman–Crippen MR) is 71.2 cm³/mol. The highest BCUT2D eigenvalue weighted by Crippen LogP contribution is 2.22. The van der Waals surface area contributed by atoms with Crippen LogP contribution in [0.25, 0.3) is 0 Å². The third kappa shape index (κ3) is 2.87. The molecule has 17 heavy (non-hydrogen) atoms. The molecule has 2 aliphatic heterocycles. The number of rotatable bonds is 2. The van der Waals surface area contributed by atoms with E-state index in [1.807, 2.05) is 6.20 Å². The van der Waals surface area contributed by atoms with E-state index in [1.54, 1.807) is 11.3 Å². The third-order valence-electron chi connectivity index (χ3n) is 3.98. The number of hydrogen-bond donors (Lipinski definition) is 0. The summed E-state index contributed by atoms with van der Waals surface area (Å²) >= 11 is 1.79. The fourth-order valence-corrected chi connectivity index (χ4v) is 3.77. The van der Waals surface area contributed by atoms with E-state index >= 15 is 0 Å². The van der Waals surface area contributed by atoms with Crippen LogP contribution in [0.3, 0.4) is 0 Å². The molecule has 1 aromatic heterocycles. The molecular formula is C13H21N3S. The Hall–Kier alpha value is -0.450. The maximum atomic E-state index is 4.41. The second kappa shape index (κ2) is 5.46. The van der Waals surface area contributed by atoms with Gasteiger partial charge in [-0.3, -0.25) is 9.80 Å². The van der Waals surface area contributed by atoms with E-state index in [4.69, 9.17) is 0 Å². The van der Waals surface area contributed by atoms with Crippen LogP contribution >= 0.6 is 11.3 Å². The number of fused-ring (bicyclic) bond motifs is 1. The zero-order valence-corrected chi connectivity index (χ0v) is 11.2. The summed E-state index contributed by atoms with van der Waals surface area (Å²) in [7, 11) is 0. The largest absolute Gasteiger partial charge is 0.299 e. The van der Waals surface area contributed by atoms with Crippen molar-refractivity contribution >= 4 is 11.3 Å². The lowest BCUT2D eigenvalue weighted by Crippen LogP contribution is -2.43. The van der Waals surface area contributed by atoms with Gasteiger partial charge >= 0.3 is 0 Å². The molecule has 3 nitrogen and oxygen atoms in total. The second-order valence-corrected chi connectivity index (χ2v) is 6.18. The Kier molecular flexibility index (Phi) is 3.74. The lowest BCUT2D eigenvalue weighted by molar-refractivity contribution is 0.135. The van der Waals surface area contributed by atoms with Crippen LogP contribution < -0.4 is 0 Å². The molecular weight excluding hydrogens is 230 g/mol. The quantitative estimate of drug-likeness (QED) is 0.803. The highest BCUT2D eigenvalue weighted by molar-refractivity contribution is 7.09. The SMILES string of the molecule is c1csc(CN2CCCN3CCCCC3C2)n1. The number of piperidine rings is 1. The Morgan fingerprint density at radius 3 is 3.06 bits per heavy atom. The Morgan fingerprint density at radius 2 is 2.18 bits per heavy atom. The van der Waals surface area contributed by atoms with E-state index in [2.05, 4.69) is 20.2 Å². The third-order valence-corrected chi connectivity index (χ3v) is 4.74. The molecule has 0 saturated carbocycles. The fraction of sp³-hybridized carbons (Fsp3) is 0.769.